The van der Waals surface area contributed by atoms with Gasteiger partial charge in [-0.05, 0) is 56.2 Å². The van der Waals surface area contributed by atoms with Crippen molar-refractivity contribution in [2.24, 2.45) is 5.73 Å². The van der Waals surface area contributed by atoms with Crippen molar-refractivity contribution in [3.63, 3.8) is 0 Å². The molecule has 0 radical (unpaired) electrons. The van der Waals surface area contributed by atoms with Crippen LogP contribution in [-0.2, 0) is 4.79 Å². The van der Waals surface area contributed by atoms with Crippen LogP contribution in [0.2, 0.25) is 10.0 Å². The zero-order valence-corrected chi connectivity index (χ0v) is 18.7. The molecule has 1 aliphatic rings. The largest absolute Gasteiger partial charge is 0.368 e. The second-order valence-corrected chi connectivity index (χ2v) is 8.58. The Bertz CT molecular complexity index is 1230. The molecule has 4 N–H and O–H groups in total. The Hall–Kier alpha value is -3.10. The summed E-state index contributed by atoms with van der Waals surface area (Å²) in [6.07, 6.45) is 1.23. The van der Waals surface area contributed by atoms with E-state index in [0.29, 0.717) is 35.8 Å². The molecular formula is C22H21Cl2N5O3. The number of likely N-dealkylation sites (tertiary alicyclic amines) is 1. The Labute approximate surface area is 194 Å². The van der Waals surface area contributed by atoms with Crippen LogP contribution in [0.25, 0.3) is 11.0 Å². The van der Waals surface area contributed by atoms with Crippen LogP contribution in [0.5, 0.6) is 0 Å². The minimum absolute atomic E-state index is 0.129. The number of fused-ring (bicyclic) bond motifs is 1. The normalized spacial score (nSPS) is 16.8. The Morgan fingerprint density at radius 3 is 2.72 bits per heavy atom. The number of rotatable bonds is 5. The van der Waals surface area contributed by atoms with E-state index < -0.39 is 18.0 Å². The number of carbonyl (C=O) groups excluding carboxylic acids is 3. The first-order valence-electron chi connectivity index (χ1n) is 10.1. The summed E-state index contributed by atoms with van der Waals surface area (Å²) in [6.45, 7) is 2.24. The smallest absolute Gasteiger partial charge is 0.256 e. The number of benzene rings is 2. The second kappa shape index (κ2) is 8.80. The number of halogens is 2. The lowest BCUT2D eigenvalue weighted by molar-refractivity contribution is -0.121. The van der Waals surface area contributed by atoms with E-state index in [4.69, 9.17) is 28.9 Å². The molecule has 2 atom stereocenters. The van der Waals surface area contributed by atoms with Gasteiger partial charge in [-0.25, -0.2) is 4.98 Å². The number of nitrogens with one attached hydrogen (secondary N) is 2. The number of aromatic amines is 1. The predicted octanol–water partition coefficient (Wildman–Crippen LogP) is 3.45. The third kappa shape index (κ3) is 4.28. The predicted molar refractivity (Wildman–Crippen MR) is 122 cm³/mol. The molecule has 166 valence electrons. The average Bonchev–Trinajstić information content (AvgIpc) is 3.40. The number of primary amides is 1. The number of amides is 3. The van der Waals surface area contributed by atoms with E-state index in [1.54, 1.807) is 25.1 Å². The third-order valence-electron chi connectivity index (χ3n) is 5.52. The summed E-state index contributed by atoms with van der Waals surface area (Å²) in [7, 11) is 0. The van der Waals surface area contributed by atoms with Gasteiger partial charge in [-0.2, -0.15) is 0 Å². The van der Waals surface area contributed by atoms with Crippen molar-refractivity contribution in [1.29, 1.82) is 0 Å². The van der Waals surface area contributed by atoms with Crippen molar-refractivity contribution in [2.45, 2.75) is 31.8 Å². The highest BCUT2D eigenvalue weighted by Gasteiger charge is 2.34. The zero-order chi connectivity index (χ0) is 23.0. The van der Waals surface area contributed by atoms with Gasteiger partial charge in [-0.3, -0.25) is 14.4 Å². The molecule has 1 aliphatic heterocycles. The van der Waals surface area contributed by atoms with E-state index >= 15 is 0 Å². The van der Waals surface area contributed by atoms with Gasteiger partial charge in [-0.15, -0.1) is 0 Å². The highest BCUT2D eigenvalue weighted by molar-refractivity contribution is 6.34. The van der Waals surface area contributed by atoms with Crippen LogP contribution in [0, 0.1) is 0 Å². The van der Waals surface area contributed by atoms with E-state index in [0.717, 1.165) is 11.0 Å². The fourth-order valence-electron chi connectivity index (χ4n) is 3.85. The molecule has 32 heavy (non-hydrogen) atoms. The standard InChI is InChI=1S/C22H21Cl2N5O3/c1-11(20-27-16-7-5-13(23)10-17(16)28-20)26-21(31)12-4-6-14(15(24)9-12)22(32)29-8-2-3-18(29)19(25)30/h4-7,9-11,18H,2-3,8H2,1H3,(H2,25,30)(H,26,31)(H,27,28)/t11?,18-/m1/s1. The van der Waals surface area contributed by atoms with Gasteiger partial charge in [0.25, 0.3) is 11.8 Å². The molecule has 0 bridgehead atoms. The molecule has 0 aliphatic carbocycles. The van der Waals surface area contributed by atoms with Crippen molar-refractivity contribution in [1.82, 2.24) is 20.2 Å². The molecule has 0 saturated carbocycles. The lowest BCUT2D eigenvalue weighted by atomic mass is 10.1. The molecule has 2 aromatic carbocycles. The van der Waals surface area contributed by atoms with Gasteiger partial charge in [0.1, 0.15) is 11.9 Å². The molecule has 0 spiro atoms. The zero-order valence-electron chi connectivity index (χ0n) is 17.2. The molecule has 3 amide bonds. The molecule has 2 heterocycles. The van der Waals surface area contributed by atoms with Crippen molar-refractivity contribution in [2.75, 3.05) is 6.54 Å². The molecule has 1 aromatic heterocycles. The van der Waals surface area contributed by atoms with Crippen LogP contribution in [0.15, 0.2) is 36.4 Å². The first-order valence-corrected chi connectivity index (χ1v) is 10.9. The number of carbonyl (C=O) groups is 3. The quantitative estimate of drug-likeness (QED) is 0.525. The van der Waals surface area contributed by atoms with Crippen LogP contribution in [0.1, 0.15) is 52.3 Å². The molecule has 3 aromatic rings. The average molecular weight is 474 g/mol. The van der Waals surface area contributed by atoms with Crippen LogP contribution < -0.4 is 11.1 Å². The molecule has 1 unspecified atom stereocenters. The summed E-state index contributed by atoms with van der Waals surface area (Å²) in [4.78, 5) is 46.2. The van der Waals surface area contributed by atoms with Crippen molar-refractivity contribution in [3.05, 3.63) is 63.4 Å². The summed E-state index contributed by atoms with van der Waals surface area (Å²) in [5, 5.41) is 3.58. The maximum Gasteiger partial charge on any atom is 0.256 e. The Kier molecular flexibility index (Phi) is 6.08. The van der Waals surface area contributed by atoms with Gasteiger partial charge < -0.3 is 20.9 Å². The Morgan fingerprint density at radius 2 is 2.00 bits per heavy atom. The number of imidazole rings is 1. The van der Waals surface area contributed by atoms with Gasteiger partial charge in [0.05, 0.1) is 27.7 Å². The second-order valence-electron chi connectivity index (χ2n) is 7.73. The van der Waals surface area contributed by atoms with Crippen molar-refractivity contribution in [3.8, 4) is 0 Å². The SMILES string of the molecule is CC(NC(=O)c1ccc(C(=O)N2CCC[C@@H]2C(N)=O)c(Cl)c1)c1nc2ccc(Cl)cc2[nH]1. The van der Waals surface area contributed by atoms with Gasteiger partial charge >= 0.3 is 0 Å². The lowest BCUT2D eigenvalue weighted by Gasteiger charge is -2.22. The van der Waals surface area contributed by atoms with E-state index in [1.165, 1.54) is 23.1 Å². The first-order chi connectivity index (χ1) is 15.2. The van der Waals surface area contributed by atoms with Gasteiger partial charge in [-0.1, -0.05) is 23.2 Å². The molecule has 1 saturated heterocycles. The lowest BCUT2D eigenvalue weighted by Crippen LogP contribution is -2.43. The third-order valence-corrected chi connectivity index (χ3v) is 6.07. The molecule has 4 rings (SSSR count). The number of aromatic nitrogens is 2. The van der Waals surface area contributed by atoms with Gasteiger partial charge in [0, 0.05) is 17.1 Å². The van der Waals surface area contributed by atoms with Crippen molar-refractivity contribution >= 4 is 52.0 Å². The summed E-state index contributed by atoms with van der Waals surface area (Å²) in [5.41, 5.74) is 7.43. The maximum absolute atomic E-state index is 12.8. The van der Waals surface area contributed by atoms with E-state index in [-0.39, 0.29) is 22.4 Å². The molecule has 1 fully saturated rings. The molecule has 8 nitrogen and oxygen atoms in total. The minimum Gasteiger partial charge on any atom is -0.368 e. The molecule has 10 heteroatoms. The number of nitrogens with two attached hydrogens (primary N) is 1. The minimum atomic E-state index is -0.638. The fourth-order valence-corrected chi connectivity index (χ4v) is 4.28. The highest BCUT2D eigenvalue weighted by Crippen LogP contribution is 2.25. The maximum atomic E-state index is 12.8. The fraction of sp³-hybridized carbons (Fsp3) is 0.273. The number of H-pyrrole nitrogens is 1. The summed E-state index contributed by atoms with van der Waals surface area (Å²) < 4.78 is 0. The number of hydrogen-bond acceptors (Lipinski definition) is 4. The number of hydrogen-bond donors (Lipinski definition) is 3. The van der Waals surface area contributed by atoms with Gasteiger partial charge in [0.15, 0.2) is 0 Å². The Morgan fingerprint density at radius 1 is 1.22 bits per heavy atom. The van der Waals surface area contributed by atoms with Crippen LogP contribution in [0.4, 0.5) is 0 Å². The topological polar surface area (TPSA) is 121 Å². The number of nitrogens with zero attached hydrogens (tertiary/aromatic N) is 2. The Balaban J connectivity index is 1.48. The van der Waals surface area contributed by atoms with E-state index in [2.05, 4.69) is 15.3 Å². The van der Waals surface area contributed by atoms with Gasteiger partial charge in [0.2, 0.25) is 5.91 Å². The molecular weight excluding hydrogens is 453 g/mol. The summed E-state index contributed by atoms with van der Waals surface area (Å²) in [6, 6.07) is 8.71. The van der Waals surface area contributed by atoms with Crippen LogP contribution in [-0.4, -0.2) is 45.2 Å². The van der Waals surface area contributed by atoms with Crippen LogP contribution >= 0.6 is 23.2 Å². The van der Waals surface area contributed by atoms with Crippen LogP contribution in [0.3, 0.4) is 0 Å². The van der Waals surface area contributed by atoms with E-state index in [9.17, 15) is 14.4 Å². The highest BCUT2D eigenvalue weighted by atomic mass is 35.5. The summed E-state index contributed by atoms with van der Waals surface area (Å²) >= 11 is 12.3. The summed E-state index contributed by atoms with van der Waals surface area (Å²) in [5.74, 6) is -0.699. The van der Waals surface area contributed by atoms with Crippen molar-refractivity contribution < 1.29 is 14.4 Å². The monoisotopic (exact) mass is 473 g/mol. The van der Waals surface area contributed by atoms with E-state index in [1.807, 2.05) is 0 Å². The first kappa shape index (κ1) is 22.1.